The molecule has 12 aromatic carbocycles. The quantitative estimate of drug-likeness (QED) is 0.124. The molecule has 8 nitrogen and oxygen atoms in total. The van der Waals surface area contributed by atoms with Crippen molar-refractivity contribution < 1.29 is 37.4 Å². The van der Waals surface area contributed by atoms with E-state index in [1.807, 2.05) is 72.8 Å². The summed E-state index contributed by atoms with van der Waals surface area (Å²) in [6.45, 7) is -0.282. The second-order valence-corrected chi connectivity index (χ2v) is 22.0. The van der Waals surface area contributed by atoms with Gasteiger partial charge in [-0.3, -0.25) is 0 Å². The first-order valence-corrected chi connectivity index (χ1v) is 28.7. The highest BCUT2D eigenvalue weighted by Gasteiger charge is 2.47. The fourth-order valence-corrected chi connectivity index (χ4v) is 13.8. The fraction of sp³-hybridized carbons (Fsp3) is 0.0649. The number of fused-ring (bicyclic) bond motifs is 15. The maximum absolute atomic E-state index is 10.7. The molecule has 85 heavy (non-hydrogen) atoms. The largest absolute Gasteiger partial charge is 0.490 e. The second-order valence-electron chi connectivity index (χ2n) is 22.0. The summed E-state index contributed by atoms with van der Waals surface area (Å²) < 4.78 is 39.8. The van der Waals surface area contributed by atoms with E-state index in [9.17, 15) is 10.2 Å². The van der Waals surface area contributed by atoms with Crippen molar-refractivity contribution in [1.82, 2.24) is 0 Å². The lowest BCUT2D eigenvalue weighted by Crippen LogP contribution is -2.29. The summed E-state index contributed by atoms with van der Waals surface area (Å²) >= 11 is 0. The van der Waals surface area contributed by atoms with Crippen molar-refractivity contribution in [2.45, 2.75) is 5.41 Å². The minimum absolute atomic E-state index is 0.0541. The third-order valence-corrected chi connectivity index (χ3v) is 17.4. The Labute approximate surface area is 486 Å². The van der Waals surface area contributed by atoms with Gasteiger partial charge in [0, 0.05) is 65.3 Å². The van der Waals surface area contributed by atoms with Crippen LogP contribution in [-0.4, -0.2) is 36.6 Å². The standard InChI is InChI=1S/C77H50O8/c78-33-35-80-75-57(45-25-29-71-61(37-45)53-15-3-9-21-67(53)82-71)41-49(42-58(75)46-26-30-72-62(38-46)54-16-4-10-22-68(54)83-72)77(65-19-7-1-13-51(65)52-14-2-8-20-66(52)77)50-43-59(47-27-31-73-63(39-47)55-17-5-11-23-69(55)84-73)76(81-36-34-79)60(44-50)48-28-32-74-64(40-48)56-18-6-12-24-70(56)85-74/h1-32,37-44,78-79H,33-36H2. The molecule has 0 bridgehead atoms. The molecule has 0 saturated heterocycles. The van der Waals surface area contributed by atoms with Crippen LogP contribution in [0, 0.1) is 0 Å². The topological polar surface area (TPSA) is 111 Å². The number of furan rings is 4. The summed E-state index contributed by atoms with van der Waals surface area (Å²) in [4.78, 5) is 0. The molecular weight excluding hydrogens is 1050 g/mol. The van der Waals surface area contributed by atoms with Crippen LogP contribution in [-0.2, 0) is 5.41 Å². The Kier molecular flexibility index (Phi) is 11.1. The van der Waals surface area contributed by atoms with Crippen molar-refractivity contribution in [3.8, 4) is 67.1 Å². The van der Waals surface area contributed by atoms with Crippen molar-refractivity contribution in [2.24, 2.45) is 0 Å². The Morgan fingerprint density at radius 3 is 0.847 bits per heavy atom. The van der Waals surface area contributed by atoms with Gasteiger partial charge in [0.2, 0.25) is 0 Å². The van der Waals surface area contributed by atoms with Gasteiger partial charge < -0.3 is 37.4 Å². The van der Waals surface area contributed by atoms with Crippen molar-refractivity contribution in [1.29, 1.82) is 0 Å². The highest BCUT2D eigenvalue weighted by Crippen LogP contribution is 2.60. The summed E-state index contributed by atoms with van der Waals surface area (Å²) in [5.41, 5.74) is 18.7. The molecule has 0 amide bonds. The first kappa shape index (κ1) is 49.0. The van der Waals surface area contributed by atoms with E-state index in [2.05, 4.69) is 170 Å². The van der Waals surface area contributed by atoms with Gasteiger partial charge in [-0.05, 0) is 153 Å². The third-order valence-electron chi connectivity index (χ3n) is 17.4. The summed E-state index contributed by atoms with van der Waals surface area (Å²) in [7, 11) is 0. The molecule has 406 valence electrons. The number of aliphatic hydroxyl groups excluding tert-OH is 2. The van der Waals surface area contributed by atoms with Crippen LogP contribution in [0.15, 0.2) is 260 Å². The van der Waals surface area contributed by atoms with Gasteiger partial charge in [-0.15, -0.1) is 0 Å². The van der Waals surface area contributed by atoms with Crippen LogP contribution in [0.4, 0.5) is 0 Å². The van der Waals surface area contributed by atoms with Gasteiger partial charge in [-0.2, -0.15) is 0 Å². The molecule has 0 atom stereocenters. The lowest BCUT2D eigenvalue weighted by molar-refractivity contribution is 0.202. The zero-order valence-electron chi connectivity index (χ0n) is 45.8. The zero-order chi connectivity index (χ0) is 56.3. The summed E-state index contributed by atoms with van der Waals surface area (Å²) in [5, 5.41) is 29.3. The van der Waals surface area contributed by atoms with Gasteiger partial charge >= 0.3 is 0 Å². The van der Waals surface area contributed by atoms with E-state index < -0.39 is 5.41 Å². The van der Waals surface area contributed by atoms with E-state index in [-0.39, 0.29) is 26.4 Å². The number of para-hydroxylation sites is 4. The Hall–Kier alpha value is -10.6. The molecule has 0 radical (unpaired) electrons. The van der Waals surface area contributed by atoms with Gasteiger partial charge in [0.1, 0.15) is 69.4 Å². The smallest absolute Gasteiger partial charge is 0.135 e. The zero-order valence-corrected chi connectivity index (χ0v) is 45.8. The van der Waals surface area contributed by atoms with Crippen molar-refractivity contribution in [2.75, 3.05) is 26.4 Å². The van der Waals surface area contributed by atoms with Crippen LogP contribution in [0.3, 0.4) is 0 Å². The number of rotatable bonds is 12. The van der Waals surface area contributed by atoms with Crippen LogP contribution in [0.25, 0.3) is 143 Å². The lowest BCUT2D eigenvalue weighted by Gasteiger charge is -2.36. The Balaban J connectivity index is 1.03. The van der Waals surface area contributed by atoms with Gasteiger partial charge in [0.25, 0.3) is 0 Å². The predicted octanol–water partition coefficient (Wildman–Crippen LogP) is 19.1. The van der Waals surface area contributed by atoms with Gasteiger partial charge in [-0.1, -0.05) is 146 Å². The molecule has 0 aliphatic heterocycles. The van der Waals surface area contributed by atoms with E-state index in [1.165, 1.54) is 0 Å². The van der Waals surface area contributed by atoms with E-state index in [4.69, 9.17) is 27.1 Å². The average Bonchev–Trinajstić information content (AvgIpc) is 1.75. The number of benzene rings is 12. The molecule has 4 heterocycles. The lowest BCUT2D eigenvalue weighted by atomic mass is 9.66. The van der Waals surface area contributed by atoms with Gasteiger partial charge in [0.15, 0.2) is 0 Å². The number of aliphatic hydroxyl groups is 2. The first-order valence-electron chi connectivity index (χ1n) is 28.7. The normalized spacial score (nSPS) is 12.9. The van der Waals surface area contributed by atoms with Gasteiger partial charge in [-0.25, -0.2) is 0 Å². The van der Waals surface area contributed by atoms with E-state index in [0.717, 1.165) is 166 Å². The van der Waals surface area contributed by atoms with Crippen molar-refractivity contribution in [3.05, 3.63) is 265 Å². The minimum atomic E-state index is -1.04. The average molecular weight is 1100 g/mol. The summed E-state index contributed by atoms with van der Waals surface area (Å²) in [6.07, 6.45) is 0. The Morgan fingerprint density at radius 1 is 0.271 bits per heavy atom. The minimum Gasteiger partial charge on any atom is -0.490 e. The maximum Gasteiger partial charge on any atom is 0.135 e. The molecule has 0 spiro atoms. The molecule has 4 aromatic heterocycles. The number of hydrogen-bond donors (Lipinski definition) is 2. The van der Waals surface area contributed by atoms with Crippen LogP contribution >= 0.6 is 0 Å². The molecule has 0 fully saturated rings. The molecule has 16 aromatic rings. The summed E-state index contributed by atoms with van der Waals surface area (Å²) in [6, 6.07) is 84.9. The van der Waals surface area contributed by atoms with E-state index in [1.54, 1.807) is 0 Å². The molecule has 1 aliphatic rings. The highest BCUT2D eigenvalue weighted by molar-refractivity contribution is 6.11. The molecule has 8 heteroatoms. The second kappa shape index (κ2) is 19.2. The maximum atomic E-state index is 10.7. The van der Waals surface area contributed by atoms with Gasteiger partial charge in [0.05, 0.1) is 18.6 Å². The molecule has 1 aliphatic carbocycles. The van der Waals surface area contributed by atoms with Crippen molar-refractivity contribution >= 4 is 87.8 Å². The molecule has 0 saturated carbocycles. The van der Waals surface area contributed by atoms with Crippen molar-refractivity contribution in [3.63, 3.8) is 0 Å². The van der Waals surface area contributed by atoms with Crippen LogP contribution in [0.2, 0.25) is 0 Å². The Morgan fingerprint density at radius 2 is 0.541 bits per heavy atom. The fourth-order valence-electron chi connectivity index (χ4n) is 13.8. The van der Waals surface area contributed by atoms with Crippen LogP contribution < -0.4 is 9.47 Å². The van der Waals surface area contributed by atoms with E-state index >= 15 is 0 Å². The van der Waals surface area contributed by atoms with Crippen LogP contribution in [0.5, 0.6) is 11.5 Å². The predicted molar refractivity (Wildman–Crippen MR) is 340 cm³/mol. The monoisotopic (exact) mass is 1100 g/mol. The summed E-state index contributed by atoms with van der Waals surface area (Å²) in [5.74, 6) is 1.25. The SMILES string of the molecule is OCCOc1c(-c2ccc3oc4ccccc4c3c2)cc(C2(c3cc(-c4ccc5oc6ccccc6c5c4)c(OCCO)c(-c4ccc5oc6ccccc6c5c4)c3)c3ccccc3-c3ccccc32)cc1-c1ccc2oc3ccccc3c2c1. The molecule has 17 rings (SSSR count). The van der Waals surface area contributed by atoms with Crippen LogP contribution in [0.1, 0.15) is 22.3 Å². The third kappa shape index (κ3) is 7.49. The molecule has 0 unspecified atom stereocenters. The first-order chi connectivity index (χ1) is 42.0. The Bertz CT molecular complexity index is 4770. The molecular formula is C77H50O8. The molecule has 2 N–H and O–H groups in total. The number of ether oxygens (including phenoxy) is 2. The highest BCUT2D eigenvalue weighted by atomic mass is 16.5. The van der Waals surface area contributed by atoms with E-state index in [0.29, 0.717) is 11.5 Å². The number of hydrogen-bond acceptors (Lipinski definition) is 8.